The maximum absolute atomic E-state index is 11.5. The number of nitrogens with one attached hydrogen (secondary N) is 1. The van der Waals surface area contributed by atoms with Crippen LogP contribution in [-0.4, -0.2) is 22.9 Å². The topological polar surface area (TPSA) is 49.3 Å². The first-order valence-electron chi connectivity index (χ1n) is 8.62. The van der Waals surface area contributed by atoms with Crippen molar-refractivity contribution in [3.05, 3.63) is 108 Å². The van der Waals surface area contributed by atoms with Crippen molar-refractivity contribution in [2.75, 3.05) is 5.75 Å². The number of rotatable bonds is 8. The Hall–Kier alpha value is -2.21. The molecule has 0 aromatic heterocycles. The second-order valence-electron chi connectivity index (χ2n) is 6.07. The summed E-state index contributed by atoms with van der Waals surface area (Å²) in [6.07, 6.45) is 0. The minimum absolute atomic E-state index is 0.205. The van der Waals surface area contributed by atoms with Gasteiger partial charge in [0.2, 0.25) is 0 Å². The molecule has 0 amide bonds. The van der Waals surface area contributed by atoms with E-state index in [-0.39, 0.29) is 5.75 Å². The van der Waals surface area contributed by atoms with Gasteiger partial charge >= 0.3 is 5.97 Å². The molecular weight excluding hydrogens is 374 g/mol. The van der Waals surface area contributed by atoms with Crippen molar-refractivity contribution < 1.29 is 9.90 Å². The van der Waals surface area contributed by atoms with Crippen LogP contribution < -0.4 is 4.72 Å². The summed E-state index contributed by atoms with van der Waals surface area (Å²) in [5.41, 5.74) is 3.22. The number of benzene rings is 3. The average Bonchev–Trinajstić information content (AvgIpc) is 2.73. The van der Waals surface area contributed by atoms with Gasteiger partial charge in [0.25, 0.3) is 0 Å². The van der Waals surface area contributed by atoms with Gasteiger partial charge in [0.05, 0.1) is 0 Å². The van der Waals surface area contributed by atoms with E-state index in [1.54, 1.807) is 0 Å². The molecule has 0 aliphatic rings. The van der Waals surface area contributed by atoms with Gasteiger partial charge in [0.15, 0.2) is 0 Å². The van der Waals surface area contributed by atoms with Crippen molar-refractivity contribution in [3.63, 3.8) is 0 Å². The molecule has 2 N–H and O–H groups in total. The van der Waals surface area contributed by atoms with Gasteiger partial charge in [-0.2, -0.15) is 12.6 Å². The van der Waals surface area contributed by atoms with Gasteiger partial charge in [-0.25, -0.2) is 4.72 Å². The van der Waals surface area contributed by atoms with Crippen LogP contribution in [0.1, 0.15) is 16.7 Å². The molecule has 0 aliphatic carbocycles. The number of carbonyl (C=O) groups is 1. The molecule has 0 saturated heterocycles. The van der Waals surface area contributed by atoms with Crippen LogP contribution in [-0.2, 0) is 9.54 Å². The highest BCUT2D eigenvalue weighted by molar-refractivity contribution is 7.98. The van der Waals surface area contributed by atoms with Gasteiger partial charge in [-0.05, 0) is 16.7 Å². The van der Waals surface area contributed by atoms with E-state index in [0.29, 0.717) is 0 Å². The second-order valence-corrected chi connectivity index (χ2v) is 7.49. The van der Waals surface area contributed by atoms with E-state index in [9.17, 15) is 9.90 Å². The lowest BCUT2D eigenvalue weighted by molar-refractivity contribution is -0.138. The fourth-order valence-electron chi connectivity index (χ4n) is 3.02. The summed E-state index contributed by atoms with van der Waals surface area (Å²) in [6, 6.07) is 29.7. The summed E-state index contributed by atoms with van der Waals surface area (Å²) in [7, 11) is 0. The van der Waals surface area contributed by atoms with Crippen LogP contribution >= 0.6 is 24.6 Å². The molecule has 0 heterocycles. The number of hydrogen-bond acceptors (Lipinski definition) is 4. The number of hydrogen-bond donors (Lipinski definition) is 3. The van der Waals surface area contributed by atoms with Crippen LogP contribution in [0.2, 0.25) is 0 Å². The first kappa shape index (κ1) is 19.5. The van der Waals surface area contributed by atoms with E-state index in [2.05, 4.69) is 53.7 Å². The van der Waals surface area contributed by atoms with Gasteiger partial charge in [-0.15, -0.1) is 0 Å². The number of thiol groups is 1. The normalized spacial score (nSPS) is 12.5. The minimum atomic E-state index is -0.916. The summed E-state index contributed by atoms with van der Waals surface area (Å²) in [6.45, 7) is 0. The standard InChI is InChI=1S/C22H21NO2S2/c24-21(25)20(16-26)23-27-22(17-10-4-1-5-11-17,18-12-6-2-7-13-18)19-14-8-3-9-15-19/h1-15,20,23,26H,16H2,(H,24,25)/t20-/m0/s1. The molecule has 0 bridgehead atoms. The predicted molar refractivity (Wildman–Crippen MR) is 115 cm³/mol. The molecule has 1 atom stereocenters. The molecule has 3 aromatic rings. The first-order valence-corrected chi connectivity index (χ1v) is 10.1. The van der Waals surface area contributed by atoms with E-state index in [0.717, 1.165) is 16.7 Å². The van der Waals surface area contributed by atoms with Gasteiger partial charge in [-0.1, -0.05) is 103 Å². The van der Waals surface area contributed by atoms with E-state index >= 15 is 0 Å². The summed E-state index contributed by atoms with van der Waals surface area (Å²) < 4.78 is 2.55. The highest BCUT2D eigenvalue weighted by Gasteiger charge is 2.38. The molecule has 138 valence electrons. The average molecular weight is 396 g/mol. The second kappa shape index (κ2) is 9.13. The lowest BCUT2D eigenvalue weighted by Crippen LogP contribution is -2.39. The number of carboxylic acids is 1. The van der Waals surface area contributed by atoms with E-state index in [4.69, 9.17) is 0 Å². The SMILES string of the molecule is O=C(O)[C@H](CS)NSC(c1ccccc1)(c1ccccc1)c1ccccc1. The Morgan fingerprint density at radius 1 is 0.852 bits per heavy atom. The van der Waals surface area contributed by atoms with Gasteiger partial charge in [-0.3, -0.25) is 4.79 Å². The quantitative estimate of drug-likeness (QED) is 0.296. The summed E-state index contributed by atoms with van der Waals surface area (Å²) in [5.74, 6) is -0.711. The van der Waals surface area contributed by atoms with E-state index in [1.807, 2.05) is 54.6 Å². The summed E-state index contributed by atoms with van der Waals surface area (Å²) >= 11 is 5.60. The third kappa shape index (κ3) is 4.21. The Morgan fingerprint density at radius 2 is 1.22 bits per heavy atom. The molecule has 0 fully saturated rings. The molecule has 3 nitrogen and oxygen atoms in total. The molecule has 0 spiro atoms. The predicted octanol–water partition coefficient (Wildman–Crippen LogP) is 4.60. The number of aliphatic carboxylic acids is 1. The van der Waals surface area contributed by atoms with E-state index < -0.39 is 16.8 Å². The minimum Gasteiger partial charge on any atom is -0.480 e. The fourth-order valence-corrected chi connectivity index (χ4v) is 4.66. The van der Waals surface area contributed by atoms with Crippen molar-refractivity contribution in [2.24, 2.45) is 0 Å². The smallest absolute Gasteiger partial charge is 0.322 e. The highest BCUT2D eigenvalue weighted by Crippen LogP contribution is 2.47. The molecule has 0 saturated carbocycles. The molecule has 27 heavy (non-hydrogen) atoms. The van der Waals surface area contributed by atoms with Gasteiger partial charge < -0.3 is 5.11 Å². The van der Waals surface area contributed by atoms with Crippen LogP contribution in [0.3, 0.4) is 0 Å². The Balaban J connectivity index is 2.18. The molecule has 0 radical (unpaired) electrons. The molecule has 0 unspecified atom stereocenters. The molecular formula is C22H21NO2S2. The maximum atomic E-state index is 11.5. The Kier molecular flexibility index (Phi) is 6.61. The van der Waals surface area contributed by atoms with Crippen LogP contribution in [0, 0.1) is 0 Å². The van der Waals surface area contributed by atoms with Crippen LogP contribution in [0.4, 0.5) is 0 Å². The van der Waals surface area contributed by atoms with Crippen molar-refractivity contribution in [1.29, 1.82) is 0 Å². The lowest BCUT2D eigenvalue weighted by atomic mass is 9.84. The van der Waals surface area contributed by atoms with Crippen molar-refractivity contribution >= 4 is 30.5 Å². The van der Waals surface area contributed by atoms with Crippen LogP contribution in [0.15, 0.2) is 91.0 Å². The van der Waals surface area contributed by atoms with Gasteiger partial charge in [0.1, 0.15) is 10.8 Å². The highest BCUT2D eigenvalue weighted by atomic mass is 32.2. The fraction of sp³-hybridized carbons (Fsp3) is 0.136. The molecule has 3 aromatic carbocycles. The molecule has 5 heteroatoms. The third-order valence-corrected chi connectivity index (χ3v) is 6.16. The largest absolute Gasteiger partial charge is 0.480 e. The Bertz CT molecular complexity index is 761. The van der Waals surface area contributed by atoms with Crippen molar-refractivity contribution in [1.82, 2.24) is 4.72 Å². The zero-order chi connectivity index (χ0) is 19.1. The third-order valence-electron chi connectivity index (χ3n) is 4.38. The first-order chi connectivity index (χ1) is 13.2. The van der Waals surface area contributed by atoms with E-state index in [1.165, 1.54) is 11.9 Å². The summed E-state index contributed by atoms with van der Waals surface area (Å²) in [5, 5.41) is 9.46. The molecule has 0 aliphatic heterocycles. The number of carboxylic acid groups (broad SMARTS) is 1. The van der Waals surface area contributed by atoms with Crippen LogP contribution in [0.5, 0.6) is 0 Å². The van der Waals surface area contributed by atoms with Crippen molar-refractivity contribution in [2.45, 2.75) is 10.8 Å². The lowest BCUT2D eigenvalue weighted by Gasteiger charge is -2.36. The molecule has 3 rings (SSSR count). The van der Waals surface area contributed by atoms with Crippen LogP contribution in [0.25, 0.3) is 0 Å². The zero-order valence-corrected chi connectivity index (χ0v) is 16.4. The zero-order valence-electron chi connectivity index (χ0n) is 14.7. The Morgan fingerprint density at radius 3 is 1.52 bits per heavy atom. The Labute approximate surface area is 169 Å². The van der Waals surface area contributed by atoms with Gasteiger partial charge in [0, 0.05) is 5.75 Å². The maximum Gasteiger partial charge on any atom is 0.322 e. The monoisotopic (exact) mass is 395 g/mol. The van der Waals surface area contributed by atoms with Crippen molar-refractivity contribution in [3.8, 4) is 0 Å². The summed E-state index contributed by atoms with van der Waals surface area (Å²) in [4.78, 5) is 11.5.